The molecular weight excluding hydrogens is 510 g/mol. The van der Waals surface area contributed by atoms with Gasteiger partial charge in [-0.15, -0.1) is 10.2 Å². The molecule has 39 heavy (non-hydrogen) atoms. The molecule has 0 aliphatic heterocycles. The Bertz CT molecular complexity index is 1600. The highest BCUT2D eigenvalue weighted by molar-refractivity contribution is 7.98. The first-order valence-electron chi connectivity index (χ1n) is 12.3. The summed E-state index contributed by atoms with van der Waals surface area (Å²) >= 11 is 1.51. The van der Waals surface area contributed by atoms with Crippen LogP contribution in [-0.2, 0) is 12.3 Å². The van der Waals surface area contributed by atoms with Crippen LogP contribution in [0, 0.1) is 17.0 Å². The normalized spacial score (nSPS) is 10.8. The maximum absolute atomic E-state index is 12.9. The predicted octanol–water partition coefficient (Wildman–Crippen LogP) is 6.37. The molecule has 0 unspecified atom stereocenters. The molecule has 9 heteroatoms. The summed E-state index contributed by atoms with van der Waals surface area (Å²) in [4.78, 5) is 23.7. The van der Waals surface area contributed by atoms with Crippen LogP contribution in [0.15, 0.2) is 108 Å². The van der Waals surface area contributed by atoms with Crippen molar-refractivity contribution in [2.75, 3.05) is 0 Å². The van der Waals surface area contributed by atoms with Crippen molar-refractivity contribution in [1.82, 2.24) is 20.1 Å². The minimum Gasteiger partial charge on any atom is -0.345 e. The summed E-state index contributed by atoms with van der Waals surface area (Å²) in [5.41, 5.74) is 5.63. The van der Waals surface area contributed by atoms with Crippen LogP contribution in [0.5, 0.6) is 0 Å². The molecule has 1 heterocycles. The lowest BCUT2D eigenvalue weighted by Gasteiger charge is -2.11. The van der Waals surface area contributed by atoms with Crippen LogP contribution < -0.4 is 5.32 Å². The molecule has 0 aliphatic carbocycles. The number of amides is 1. The second-order valence-electron chi connectivity index (χ2n) is 8.91. The van der Waals surface area contributed by atoms with Crippen LogP contribution in [0.3, 0.4) is 0 Å². The first-order chi connectivity index (χ1) is 19.0. The molecule has 4 aromatic carbocycles. The van der Waals surface area contributed by atoms with Gasteiger partial charge in [0.25, 0.3) is 11.6 Å². The third-order valence-electron chi connectivity index (χ3n) is 6.13. The van der Waals surface area contributed by atoms with E-state index in [0.29, 0.717) is 28.0 Å². The fraction of sp³-hybridized carbons (Fsp3) is 0.100. The van der Waals surface area contributed by atoms with Crippen molar-refractivity contribution in [1.29, 1.82) is 0 Å². The van der Waals surface area contributed by atoms with E-state index >= 15 is 0 Å². The van der Waals surface area contributed by atoms with E-state index < -0.39 is 4.92 Å². The van der Waals surface area contributed by atoms with E-state index in [9.17, 15) is 14.9 Å². The topological polar surface area (TPSA) is 103 Å². The molecule has 0 saturated heterocycles. The molecule has 0 spiro atoms. The van der Waals surface area contributed by atoms with E-state index in [2.05, 4.69) is 27.6 Å². The number of nitrogens with zero attached hydrogens (tertiary/aromatic N) is 4. The number of rotatable bonds is 9. The lowest BCUT2D eigenvalue weighted by atomic mass is 10.0. The molecule has 1 N–H and O–H groups in total. The van der Waals surface area contributed by atoms with Crippen molar-refractivity contribution in [3.05, 3.63) is 136 Å². The first-order valence-corrected chi connectivity index (χ1v) is 13.3. The van der Waals surface area contributed by atoms with Gasteiger partial charge < -0.3 is 5.32 Å². The quantitative estimate of drug-likeness (QED) is 0.134. The molecule has 0 aliphatic rings. The zero-order chi connectivity index (χ0) is 27.2. The van der Waals surface area contributed by atoms with E-state index in [1.54, 1.807) is 24.3 Å². The molecule has 5 rings (SSSR count). The van der Waals surface area contributed by atoms with Gasteiger partial charge in [0.1, 0.15) is 0 Å². The number of nitrogens with one attached hydrogen (secondary N) is 1. The summed E-state index contributed by atoms with van der Waals surface area (Å²) in [6.07, 6.45) is 0. The summed E-state index contributed by atoms with van der Waals surface area (Å²) in [6.45, 7) is 2.18. The van der Waals surface area contributed by atoms with Gasteiger partial charge in [-0.2, -0.15) is 0 Å². The van der Waals surface area contributed by atoms with E-state index in [1.807, 2.05) is 66.1 Å². The number of aromatic nitrogens is 3. The Balaban J connectivity index is 1.35. The number of carbonyl (C=O) groups is 1. The average molecular weight is 536 g/mol. The highest BCUT2D eigenvalue weighted by Gasteiger charge is 2.17. The molecule has 1 amide bonds. The smallest absolute Gasteiger partial charge is 0.269 e. The molecular formula is C30H25N5O3S. The van der Waals surface area contributed by atoms with Crippen molar-refractivity contribution in [3.63, 3.8) is 0 Å². The Morgan fingerprint density at radius 2 is 1.62 bits per heavy atom. The molecule has 0 fully saturated rings. The second-order valence-corrected chi connectivity index (χ2v) is 9.85. The van der Waals surface area contributed by atoms with Crippen molar-refractivity contribution in [2.24, 2.45) is 0 Å². The predicted molar refractivity (Wildman–Crippen MR) is 152 cm³/mol. The average Bonchev–Trinajstić information content (AvgIpc) is 3.38. The third kappa shape index (κ3) is 6.22. The number of nitro benzene ring substituents is 1. The van der Waals surface area contributed by atoms with Gasteiger partial charge in [0.15, 0.2) is 11.0 Å². The Labute approximate surface area is 229 Å². The molecule has 194 valence electrons. The molecule has 0 saturated carbocycles. The van der Waals surface area contributed by atoms with Gasteiger partial charge >= 0.3 is 0 Å². The summed E-state index contributed by atoms with van der Waals surface area (Å²) in [5, 5.41) is 23.4. The lowest BCUT2D eigenvalue weighted by Crippen LogP contribution is -2.24. The van der Waals surface area contributed by atoms with Crippen LogP contribution in [0.25, 0.3) is 16.8 Å². The Kier molecular flexibility index (Phi) is 7.79. The molecule has 8 nitrogen and oxygen atoms in total. The summed E-state index contributed by atoms with van der Waals surface area (Å²) in [7, 11) is 0. The number of non-ortho nitro benzene ring substituents is 1. The Morgan fingerprint density at radius 1 is 0.897 bits per heavy atom. The first kappa shape index (κ1) is 25.9. The van der Waals surface area contributed by atoms with Crippen molar-refractivity contribution in [2.45, 2.75) is 24.4 Å². The monoisotopic (exact) mass is 535 g/mol. The molecule has 5 aromatic rings. The van der Waals surface area contributed by atoms with Crippen molar-refractivity contribution < 1.29 is 9.72 Å². The van der Waals surface area contributed by atoms with Crippen LogP contribution in [0.1, 0.15) is 27.3 Å². The van der Waals surface area contributed by atoms with Gasteiger partial charge in [-0.3, -0.25) is 19.5 Å². The zero-order valence-corrected chi connectivity index (χ0v) is 22.0. The highest BCUT2D eigenvalue weighted by atomic mass is 32.2. The van der Waals surface area contributed by atoms with Crippen LogP contribution >= 0.6 is 11.8 Å². The molecule has 0 bridgehead atoms. The zero-order valence-electron chi connectivity index (χ0n) is 21.2. The van der Waals surface area contributed by atoms with E-state index in [-0.39, 0.29) is 18.1 Å². The summed E-state index contributed by atoms with van der Waals surface area (Å²) in [5.74, 6) is 0.957. The van der Waals surface area contributed by atoms with Crippen LogP contribution in [0.2, 0.25) is 0 Å². The number of hydrogen-bond acceptors (Lipinski definition) is 6. The van der Waals surface area contributed by atoms with Gasteiger partial charge in [0, 0.05) is 29.1 Å². The van der Waals surface area contributed by atoms with Crippen molar-refractivity contribution >= 4 is 23.4 Å². The molecule has 0 radical (unpaired) electrons. The van der Waals surface area contributed by atoms with Gasteiger partial charge in [0.2, 0.25) is 0 Å². The second kappa shape index (κ2) is 11.7. The number of aryl methyl sites for hydroxylation is 1. The summed E-state index contributed by atoms with van der Waals surface area (Å²) < 4.78 is 1.82. The SMILES string of the molecule is Cc1cccc(CSc2nnc(CNC(=O)c3ccc(-c4ccccc4)cc3)n2-c2ccc([N+](=O)[O-])cc2)c1. The number of benzene rings is 4. The molecule has 1 aromatic heterocycles. The van der Waals surface area contributed by atoms with Crippen LogP contribution in [-0.4, -0.2) is 25.6 Å². The van der Waals surface area contributed by atoms with Gasteiger partial charge in [0.05, 0.1) is 11.5 Å². The standard InChI is InChI=1S/C30H25N5O3S/c1-21-6-5-7-22(18-21)20-39-30-33-32-28(34(30)26-14-16-27(17-15-26)35(37)38)19-31-29(36)25-12-10-24(11-13-25)23-8-3-2-4-9-23/h2-18H,19-20H2,1H3,(H,31,36). The summed E-state index contributed by atoms with van der Waals surface area (Å²) in [6, 6.07) is 31.8. The fourth-order valence-electron chi connectivity index (χ4n) is 4.15. The van der Waals surface area contributed by atoms with Gasteiger partial charge in [-0.25, -0.2) is 0 Å². The fourth-order valence-corrected chi connectivity index (χ4v) is 5.06. The maximum Gasteiger partial charge on any atom is 0.269 e. The van der Waals surface area contributed by atoms with Gasteiger partial charge in [-0.1, -0.05) is 84.1 Å². The van der Waals surface area contributed by atoms with Gasteiger partial charge in [-0.05, 0) is 47.9 Å². The molecule has 0 atom stereocenters. The van der Waals surface area contributed by atoms with Crippen LogP contribution in [0.4, 0.5) is 5.69 Å². The van der Waals surface area contributed by atoms with E-state index in [1.165, 1.54) is 29.5 Å². The highest BCUT2D eigenvalue weighted by Crippen LogP contribution is 2.27. The third-order valence-corrected chi connectivity index (χ3v) is 7.13. The minimum atomic E-state index is -0.437. The Hall–Kier alpha value is -4.76. The number of thioether (sulfide) groups is 1. The van der Waals surface area contributed by atoms with E-state index in [0.717, 1.165) is 16.7 Å². The van der Waals surface area contributed by atoms with Crippen molar-refractivity contribution in [3.8, 4) is 16.8 Å². The number of hydrogen-bond donors (Lipinski definition) is 1. The minimum absolute atomic E-state index is 0.00501. The Morgan fingerprint density at radius 3 is 2.31 bits per heavy atom. The number of nitro groups is 1. The number of carbonyl (C=O) groups excluding carboxylic acids is 1. The van der Waals surface area contributed by atoms with E-state index in [4.69, 9.17) is 0 Å². The largest absolute Gasteiger partial charge is 0.345 e. The maximum atomic E-state index is 12.9. The lowest BCUT2D eigenvalue weighted by molar-refractivity contribution is -0.384.